The second-order valence-corrected chi connectivity index (χ2v) is 9.97. The summed E-state index contributed by atoms with van der Waals surface area (Å²) in [5.74, 6) is 3.42. The molecule has 27 heavy (non-hydrogen) atoms. The smallest absolute Gasteiger partial charge is 0.196 e. The molecule has 1 fully saturated rings. The van der Waals surface area contributed by atoms with Crippen molar-refractivity contribution in [3.8, 4) is 0 Å². The van der Waals surface area contributed by atoms with Crippen molar-refractivity contribution in [2.24, 2.45) is 0 Å². The lowest BCUT2D eigenvalue weighted by Crippen LogP contribution is -2.20. The van der Waals surface area contributed by atoms with Gasteiger partial charge in [0.2, 0.25) is 0 Å². The summed E-state index contributed by atoms with van der Waals surface area (Å²) >= 11 is 13.1. The van der Waals surface area contributed by atoms with Crippen molar-refractivity contribution in [1.29, 1.82) is 0 Å². The third kappa shape index (κ3) is 5.59. The number of halogens is 2. The van der Waals surface area contributed by atoms with Gasteiger partial charge in [-0.05, 0) is 24.0 Å². The maximum Gasteiger partial charge on any atom is 0.196 e. The average Bonchev–Trinajstić information content (AvgIpc) is 2.99. The van der Waals surface area contributed by atoms with E-state index in [0.717, 1.165) is 37.1 Å². The van der Waals surface area contributed by atoms with Crippen LogP contribution >= 0.6 is 30.5 Å². The highest BCUT2D eigenvalue weighted by atomic mass is 35.5. The summed E-state index contributed by atoms with van der Waals surface area (Å²) in [6, 6.07) is 19.3. The monoisotopic (exact) mass is 419 g/mol. The van der Waals surface area contributed by atoms with Crippen LogP contribution in [0.3, 0.4) is 0 Å². The molecule has 2 nitrogen and oxygen atoms in total. The van der Waals surface area contributed by atoms with Gasteiger partial charge in [0.05, 0.1) is 10.1 Å². The highest BCUT2D eigenvalue weighted by Gasteiger charge is 2.28. The van der Waals surface area contributed by atoms with E-state index in [4.69, 9.17) is 23.2 Å². The second-order valence-electron chi connectivity index (χ2n) is 6.73. The van der Waals surface area contributed by atoms with Crippen molar-refractivity contribution in [3.05, 3.63) is 83.4 Å². The molecule has 1 saturated heterocycles. The molecule has 0 N–H and O–H groups in total. The summed E-state index contributed by atoms with van der Waals surface area (Å²) in [5, 5.41) is 0.994. The van der Waals surface area contributed by atoms with Gasteiger partial charge < -0.3 is 0 Å². The molecular formula is C22H24Cl2NOP. The van der Waals surface area contributed by atoms with E-state index in [-0.39, 0.29) is 0 Å². The predicted octanol–water partition coefficient (Wildman–Crippen LogP) is 7.62. The first kappa shape index (κ1) is 20.4. The van der Waals surface area contributed by atoms with Crippen molar-refractivity contribution in [3.63, 3.8) is 0 Å². The molecule has 0 aliphatic carbocycles. The van der Waals surface area contributed by atoms with E-state index in [9.17, 15) is 4.57 Å². The summed E-state index contributed by atoms with van der Waals surface area (Å²) < 4.78 is 16.2. The Morgan fingerprint density at radius 3 is 1.56 bits per heavy atom. The van der Waals surface area contributed by atoms with Gasteiger partial charge in [-0.15, -0.1) is 0 Å². The van der Waals surface area contributed by atoms with Gasteiger partial charge in [-0.2, -0.15) is 0 Å². The van der Waals surface area contributed by atoms with Crippen molar-refractivity contribution in [1.82, 2.24) is 4.67 Å². The van der Waals surface area contributed by atoms with Crippen LogP contribution in [0.2, 0.25) is 0 Å². The predicted molar refractivity (Wildman–Crippen MR) is 118 cm³/mol. The number of benzene rings is 2. The number of rotatable bonds is 5. The summed E-state index contributed by atoms with van der Waals surface area (Å²) in [6.45, 7) is 1.59. The van der Waals surface area contributed by atoms with Crippen molar-refractivity contribution >= 4 is 40.6 Å². The Balaban J connectivity index is 2.02. The fourth-order valence-corrected chi connectivity index (χ4v) is 6.58. The number of hydrogen-bond acceptors (Lipinski definition) is 1. The van der Waals surface area contributed by atoms with Crippen LogP contribution in [0.4, 0.5) is 0 Å². The van der Waals surface area contributed by atoms with Crippen LogP contribution in [0, 0.1) is 0 Å². The molecule has 0 bridgehead atoms. The van der Waals surface area contributed by atoms with Gasteiger partial charge >= 0.3 is 0 Å². The maximum absolute atomic E-state index is 14.1. The Morgan fingerprint density at radius 1 is 0.741 bits per heavy atom. The van der Waals surface area contributed by atoms with Crippen LogP contribution < -0.4 is 0 Å². The Labute approximate surface area is 171 Å². The van der Waals surface area contributed by atoms with Gasteiger partial charge in [0.15, 0.2) is 7.29 Å². The zero-order chi connectivity index (χ0) is 19.1. The lowest BCUT2D eigenvalue weighted by molar-refractivity contribution is 0.434. The SMILES string of the molecule is O=P(C=C(Cl)c1ccccc1)(C=C(Cl)c1ccccc1)N1CCCCCC1. The van der Waals surface area contributed by atoms with Crippen LogP contribution in [0.1, 0.15) is 36.8 Å². The van der Waals surface area contributed by atoms with Gasteiger partial charge in [0, 0.05) is 24.7 Å². The molecule has 0 radical (unpaired) electrons. The summed E-state index contributed by atoms with van der Waals surface area (Å²) in [5.41, 5.74) is 1.72. The zero-order valence-electron chi connectivity index (χ0n) is 15.2. The van der Waals surface area contributed by atoms with Gasteiger partial charge in [0.1, 0.15) is 0 Å². The quantitative estimate of drug-likeness (QED) is 0.464. The highest BCUT2D eigenvalue weighted by Crippen LogP contribution is 2.57. The van der Waals surface area contributed by atoms with Gasteiger partial charge in [0.25, 0.3) is 0 Å². The molecule has 5 heteroatoms. The number of nitrogens with zero attached hydrogens (tertiary/aromatic N) is 1. The van der Waals surface area contributed by atoms with Gasteiger partial charge in [-0.1, -0.05) is 96.7 Å². The summed E-state index contributed by atoms with van der Waals surface area (Å²) in [6.07, 6.45) is 4.42. The third-order valence-electron chi connectivity index (χ3n) is 4.72. The van der Waals surface area contributed by atoms with E-state index in [1.807, 2.05) is 60.7 Å². The van der Waals surface area contributed by atoms with Crippen molar-refractivity contribution in [2.75, 3.05) is 13.1 Å². The minimum absolute atomic E-state index is 0.497. The summed E-state index contributed by atoms with van der Waals surface area (Å²) in [4.78, 5) is 0. The maximum atomic E-state index is 14.1. The molecule has 2 aromatic carbocycles. The molecule has 1 aliphatic heterocycles. The Bertz CT molecular complexity index is 782. The highest BCUT2D eigenvalue weighted by molar-refractivity contribution is 7.68. The molecule has 0 amide bonds. The van der Waals surface area contributed by atoms with Crippen LogP contribution in [0.25, 0.3) is 10.1 Å². The molecule has 0 spiro atoms. The molecule has 1 aliphatic rings. The van der Waals surface area contributed by atoms with Crippen molar-refractivity contribution in [2.45, 2.75) is 25.7 Å². The molecule has 142 valence electrons. The molecule has 1 heterocycles. The molecule has 0 atom stereocenters. The molecular weight excluding hydrogens is 396 g/mol. The Hall–Kier alpha value is -1.31. The van der Waals surface area contributed by atoms with Crippen LogP contribution in [0.5, 0.6) is 0 Å². The van der Waals surface area contributed by atoms with Crippen LogP contribution in [0.15, 0.2) is 72.3 Å². The fraction of sp³-hybridized carbons (Fsp3) is 0.273. The second kappa shape index (κ2) is 9.75. The van der Waals surface area contributed by atoms with E-state index in [1.54, 1.807) is 11.6 Å². The van der Waals surface area contributed by atoms with E-state index >= 15 is 0 Å². The first-order valence-corrected chi connectivity index (χ1v) is 11.9. The van der Waals surface area contributed by atoms with E-state index in [2.05, 4.69) is 4.67 Å². The minimum Gasteiger partial charge on any atom is -0.297 e. The first-order valence-electron chi connectivity index (χ1n) is 9.31. The van der Waals surface area contributed by atoms with Gasteiger partial charge in [-0.25, -0.2) is 4.67 Å². The molecule has 0 saturated carbocycles. The Morgan fingerprint density at radius 2 is 1.15 bits per heavy atom. The van der Waals surface area contributed by atoms with Crippen molar-refractivity contribution < 1.29 is 4.57 Å². The van der Waals surface area contributed by atoms with E-state index < -0.39 is 7.29 Å². The van der Waals surface area contributed by atoms with E-state index in [0.29, 0.717) is 10.1 Å². The van der Waals surface area contributed by atoms with Crippen LogP contribution in [-0.4, -0.2) is 17.8 Å². The molecule has 0 unspecified atom stereocenters. The largest absolute Gasteiger partial charge is 0.297 e. The standard InChI is InChI=1S/C22H24Cl2NOP/c23-21(19-11-5-3-6-12-19)17-27(26,25-15-9-1-2-10-16-25)18-22(24)20-13-7-4-8-14-20/h3-8,11-14,17-18H,1-2,9-10,15-16H2. The fourth-order valence-electron chi connectivity index (χ4n) is 3.24. The average molecular weight is 420 g/mol. The lowest BCUT2D eigenvalue weighted by Gasteiger charge is -2.27. The zero-order valence-corrected chi connectivity index (χ0v) is 17.6. The number of hydrogen-bond donors (Lipinski definition) is 0. The van der Waals surface area contributed by atoms with Crippen LogP contribution in [-0.2, 0) is 4.57 Å². The van der Waals surface area contributed by atoms with E-state index in [1.165, 1.54) is 12.8 Å². The van der Waals surface area contributed by atoms with Gasteiger partial charge in [-0.3, -0.25) is 4.57 Å². The lowest BCUT2D eigenvalue weighted by atomic mass is 10.2. The third-order valence-corrected chi connectivity index (χ3v) is 8.22. The first-order chi connectivity index (χ1) is 13.1. The summed E-state index contributed by atoms with van der Waals surface area (Å²) in [7, 11) is -3.02. The minimum atomic E-state index is -3.02. The molecule has 2 aromatic rings. The Kier molecular flexibility index (Phi) is 7.38. The topological polar surface area (TPSA) is 20.3 Å². The normalized spacial score (nSPS) is 19.3. The molecule has 3 rings (SSSR count). The molecule has 0 aromatic heterocycles.